The zero-order valence-corrected chi connectivity index (χ0v) is 20.4. The summed E-state index contributed by atoms with van der Waals surface area (Å²) in [4.78, 5) is 50.6. The summed E-state index contributed by atoms with van der Waals surface area (Å²) in [5.41, 5.74) is 1.15. The van der Waals surface area contributed by atoms with E-state index < -0.39 is 17.6 Å². The van der Waals surface area contributed by atoms with Crippen molar-refractivity contribution in [1.82, 2.24) is 19.5 Å². The van der Waals surface area contributed by atoms with E-state index in [-0.39, 0.29) is 18.4 Å². The number of hydrogen-bond acceptors (Lipinski definition) is 6. The maximum Gasteiger partial charge on any atom is 0.349 e. The standard InChI is InChI=1S/C27H28N6O4/c1-17-14-33(16-22(25(35)36)13-18-6-7-19-4-2-3-5-20(19)12-18)27(37)30-23(17)32-11-8-21(15-32)24(34)31-26-28-9-10-29-26/h2-7,9-10,12,14,21-22H,8,11,13,15-16H2,1H3,(H,35,36)(H2,28,29,31,34). The summed E-state index contributed by atoms with van der Waals surface area (Å²) >= 11 is 0. The monoisotopic (exact) mass is 500 g/mol. The number of nitrogens with zero attached hydrogens (tertiary/aromatic N) is 4. The van der Waals surface area contributed by atoms with Gasteiger partial charge in [0.05, 0.1) is 11.8 Å². The number of aliphatic carboxylic acids is 1. The van der Waals surface area contributed by atoms with E-state index in [1.54, 1.807) is 18.6 Å². The van der Waals surface area contributed by atoms with Crippen molar-refractivity contribution in [3.05, 3.63) is 82.7 Å². The van der Waals surface area contributed by atoms with Crippen molar-refractivity contribution in [1.29, 1.82) is 0 Å². The highest BCUT2D eigenvalue weighted by atomic mass is 16.4. The molecule has 1 saturated heterocycles. The number of fused-ring (bicyclic) bond motifs is 1. The predicted octanol–water partition coefficient (Wildman–Crippen LogP) is 2.84. The van der Waals surface area contributed by atoms with Gasteiger partial charge in [-0.2, -0.15) is 4.98 Å². The van der Waals surface area contributed by atoms with E-state index in [2.05, 4.69) is 20.3 Å². The molecule has 2 aromatic carbocycles. The lowest BCUT2D eigenvalue weighted by atomic mass is 9.97. The van der Waals surface area contributed by atoms with Gasteiger partial charge in [0.25, 0.3) is 0 Å². The van der Waals surface area contributed by atoms with E-state index in [0.717, 1.165) is 21.9 Å². The molecule has 10 nitrogen and oxygen atoms in total. The van der Waals surface area contributed by atoms with E-state index in [1.807, 2.05) is 54.3 Å². The van der Waals surface area contributed by atoms with Crippen LogP contribution in [0.4, 0.5) is 11.8 Å². The molecule has 0 spiro atoms. The number of rotatable bonds is 8. The quantitative estimate of drug-likeness (QED) is 0.339. The van der Waals surface area contributed by atoms with Gasteiger partial charge in [0.2, 0.25) is 11.9 Å². The Morgan fingerprint density at radius 2 is 2.03 bits per heavy atom. The van der Waals surface area contributed by atoms with Crippen molar-refractivity contribution < 1.29 is 14.7 Å². The van der Waals surface area contributed by atoms with E-state index in [9.17, 15) is 19.5 Å². The second kappa shape index (κ2) is 10.3. The third-order valence-corrected chi connectivity index (χ3v) is 6.81. The Bertz CT molecular complexity index is 1500. The minimum absolute atomic E-state index is 0.0172. The van der Waals surface area contributed by atoms with Gasteiger partial charge >= 0.3 is 11.7 Å². The number of aryl methyl sites for hydroxylation is 1. The summed E-state index contributed by atoms with van der Waals surface area (Å²) in [6, 6.07) is 13.8. The summed E-state index contributed by atoms with van der Waals surface area (Å²) in [6.45, 7) is 2.88. The molecule has 0 aliphatic carbocycles. The topological polar surface area (TPSA) is 133 Å². The zero-order chi connectivity index (χ0) is 25.9. The molecule has 4 aromatic rings. The summed E-state index contributed by atoms with van der Waals surface area (Å²) in [6.07, 6.45) is 5.79. The maximum atomic E-state index is 12.9. The first-order valence-electron chi connectivity index (χ1n) is 12.2. The van der Waals surface area contributed by atoms with Crippen LogP contribution in [0.15, 0.2) is 65.8 Å². The highest BCUT2D eigenvalue weighted by Gasteiger charge is 2.31. The Morgan fingerprint density at radius 3 is 2.78 bits per heavy atom. The number of carbonyl (C=O) groups is 2. The number of carboxylic acids is 1. The predicted molar refractivity (Wildman–Crippen MR) is 140 cm³/mol. The SMILES string of the molecule is Cc1cn(CC(Cc2ccc3ccccc3c2)C(=O)O)c(=O)nc1N1CCC(C(=O)Nc2ncc[nH]2)C1. The Morgan fingerprint density at radius 1 is 1.22 bits per heavy atom. The molecule has 0 bridgehead atoms. The molecular weight excluding hydrogens is 472 g/mol. The molecule has 1 aliphatic rings. The number of hydrogen-bond donors (Lipinski definition) is 3. The number of carboxylic acid groups (broad SMARTS) is 1. The van der Waals surface area contributed by atoms with E-state index in [4.69, 9.17) is 0 Å². The minimum atomic E-state index is -0.966. The largest absolute Gasteiger partial charge is 0.481 e. The smallest absolute Gasteiger partial charge is 0.349 e. The molecule has 0 radical (unpaired) electrons. The molecule has 1 fully saturated rings. The van der Waals surface area contributed by atoms with Crippen LogP contribution in [-0.4, -0.2) is 49.6 Å². The lowest BCUT2D eigenvalue weighted by molar-refractivity contribution is -0.142. The average molecular weight is 501 g/mol. The third kappa shape index (κ3) is 5.37. The Labute approximate surface area is 213 Å². The molecule has 2 aromatic heterocycles. The summed E-state index contributed by atoms with van der Waals surface area (Å²) in [5.74, 6) is -1.22. The van der Waals surface area contributed by atoms with Gasteiger partial charge in [-0.25, -0.2) is 9.78 Å². The first kappa shape index (κ1) is 24.2. The highest BCUT2D eigenvalue weighted by molar-refractivity contribution is 5.91. The van der Waals surface area contributed by atoms with Crippen molar-refractivity contribution in [2.45, 2.75) is 26.3 Å². The molecule has 2 unspecified atom stereocenters. The van der Waals surface area contributed by atoms with Crippen LogP contribution in [0.3, 0.4) is 0 Å². The van der Waals surface area contributed by atoms with Gasteiger partial charge in [-0.1, -0.05) is 42.5 Å². The van der Waals surface area contributed by atoms with E-state index >= 15 is 0 Å². The number of aromatic amines is 1. The molecule has 5 rings (SSSR count). The number of amides is 1. The number of aromatic nitrogens is 4. The van der Waals surface area contributed by atoms with Crippen molar-refractivity contribution in [2.24, 2.45) is 11.8 Å². The molecule has 3 heterocycles. The van der Waals surface area contributed by atoms with E-state index in [0.29, 0.717) is 37.7 Å². The van der Waals surface area contributed by atoms with Crippen LogP contribution in [0.25, 0.3) is 10.8 Å². The van der Waals surface area contributed by atoms with E-state index in [1.165, 1.54) is 4.57 Å². The van der Waals surface area contributed by atoms with Crippen LogP contribution in [0, 0.1) is 18.8 Å². The minimum Gasteiger partial charge on any atom is -0.481 e. The molecule has 0 saturated carbocycles. The van der Waals surface area contributed by atoms with Crippen molar-refractivity contribution >= 4 is 34.4 Å². The fraction of sp³-hybridized carbons (Fsp3) is 0.296. The van der Waals surface area contributed by atoms with Crippen LogP contribution < -0.4 is 15.9 Å². The van der Waals surface area contributed by atoms with Gasteiger partial charge in [0.15, 0.2) is 0 Å². The third-order valence-electron chi connectivity index (χ3n) is 6.81. The molecule has 3 N–H and O–H groups in total. The van der Waals surface area contributed by atoms with Crippen LogP contribution >= 0.6 is 0 Å². The fourth-order valence-electron chi connectivity index (χ4n) is 4.88. The number of H-pyrrole nitrogens is 1. The van der Waals surface area contributed by atoms with Gasteiger partial charge in [-0.05, 0) is 36.1 Å². The molecule has 1 aliphatic heterocycles. The summed E-state index contributed by atoms with van der Waals surface area (Å²) in [7, 11) is 0. The van der Waals surface area contributed by atoms with Crippen LogP contribution in [-0.2, 0) is 22.6 Å². The number of imidazole rings is 1. The van der Waals surface area contributed by atoms with Gasteiger partial charge in [0.1, 0.15) is 5.82 Å². The Hall–Kier alpha value is -4.47. The number of benzene rings is 2. The number of nitrogens with one attached hydrogen (secondary N) is 2. The average Bonchev–Trinajstić information content (AvgIpc) is 3.58. The molecule has 1 amide bonds. The van der Waals surface area contributed by atoms with Gasteiger partial charge in [-0.3, -0.25) is 19.5 Å². The van der Waals surface area contributed by atoms with Crippen molar-refractivity contribution in [2.75, 3.05) is 23.3 Å². The molecule has 190 valence electrons. The van der Waals surface area contributed by atoms with Crippen molar-refractivity contribution in [3.63, 3.8) is 0 Å². The Balaban J connectivity index is 1.28. The number of anilines is 2. The molecule has 10 heteroatoms. The fourth-order valence-corrected chi connectivity index (χ4v) is 4.88. The Kier molecular flexibility index (Phi) is 6.72. The zero-order valence-electron chi connectivity index (χ0n) is 20.4. The van der Waals surface area contributed by atoms with Crippen LogP contribution in [0.1, 0.15) is 17.5 Å². The highest BCUT2D eigenvalue weighted by Crippen LogP contribution is 2.25. The number of carbonyl (C=O) groups excluding carboxylic acids is 1. The van der Waals surface area contributed by atoms with Crippen LogP contribution in [0.5, 0.6) is 0 Å². The van der Waals surface area contributed by atoms with Crippen molar-refractivity contribution in [3.8, 4) is 0 Å². The summed E-state index contributed by atoms with van der Waals surface area (Å²) < 4.78 is 1.37. The van der Waals surface area contributed by atoms with Crippen LogP contribution in [0.2, 0.25) is 0 Å². The normalized spacial score (nSPS) is 16.1. The maximum absolute atomic E-state index is 12.9. The van der Waals surface area contributed by atoms with Gasteiger partial charge in [-0.15, -0.1) is 0 Å². The summed E-state index contributed by atoms with van der Waals surface area (Å²) in [5, 5.41) is 14.8. The molecule has 2 atom stereocenters. The molecular formula is C27H28N6O4. The lowest BCUT2D eigenvalue weighted by Gasteiger charge is -2.21. The first-order valence-corrected chi connectivity index (χ1v) is 12.2. The molecule has 37 heavy (non-hydrogen) atoms. The van der Waals surface area contributed by atoms with Gasteiger partial charge < -0.3 is 15.0 Å². The van der Waals surface area contributed by atoms with Gasteiger partial charge in [0, 0.05) is 43.8 Å². The second-order valence-electron chi connectivity index (χ2n) is 9.46. The first-order chi connectivity index (χ1) is 17.9. The second-order valence-corrected chi connectivity index (χ2v) is 9.46. The lowest BCUT2D eigenvalue weighted by Crippen LogP contribution is -2.34.